The third kappa shape index (κ3) is 3.81. The molecular formula is C21H23F2N3O2S. The highest BCUT2D eigenvalue weighted by molar-refractivity contribution is 7.84. The summed E-state index contributed by atoms with van der Waals surface area (Å²) in [5.74, 6) is -3.98. The average molecular weight is 419 g/mol. The highest BCUT2D eigenvalue weighted by atomic mass is 32.2. The van der Waals surface area contributed by atoms with Crippen LogP contribution in [0.15, 0.2) is 58.4 Å². The summed E-state index contributed by atoms with van der Waals surface area (Å²) in [6, 6.07) is 12.7. The third-order valence-electron chi connectivity index (χ3n) is 5.33. The minimum Gasteiger partial charge on any atom is -0.369 e. The smallest absolute Gasteiger partial charge is 0.270 e. The summed E-state index contributed by atoms with van der Waals surface area (Å²) in [6.07, 6.45) is 1.57. The third-order valence-corrected chi connectivity index (χ3v) is 6.25. The van der Waals surface area contributed by atoms with Crippen molar-refractivity contribution in [2.75, 3.05) is 13.3 Å². The highest BCUT2D eigenvalue weighted by Crippen LogP contribution is 2.44. The molecule has 0 saturated carbocycles. The van der Waals surface area contributed by atoms with Crippen molar-refractivity contribution in [3.05, 3.63) is 65.2 Å². The topological polar surface area (TPSA) is 75.8 Å². The van der Waals surface area contributed by atoms with Gasteiger partial charge in [0, 0.05) is 41.5 Å². The molecule has 1 heterocycles. The number of hydrogen-bond donors (Lipinski definition) is 1. The van der Waals surface area contributed by atoms with Gasteiger partial charge in [0.05, 0.1) is 5.92 Å². The predicted octanol–water partition coefficient (Wildman–Crippen LogP) is 3.32. The lowest BCUT2D eigenvalue weighted by Gasteiger charge is -2.41. The van der Waals surface area contributed by atoms with Gasteiger partial charge < -0.3 is 5.73 Å². The molecule has 1 aliphatic rings. The number of halogens is 2. The van der Waals surface area contributed by atoms with E-state index in [1.807, 2.05) is 0 Å². The van der Waals surface area contributed by atoms with Crippen LogP contribution >= 0.6 is 0 Å². The molecule has 5 nitrogen and oxygen atoms in total. The van der Waals surface area contributed by atoms with Gasteiger partial charge in [-0.3, -0.25) is 13.9 Å². The predicted molar refractivity (Wildman–Crippen MR) is 109 cm³/mol. The van der Waals surface area contributed by atoms with E-state index in [-0.39, 0.29) is 17.4 Å². The molecule has 1 aliphatic heterocycles. The summed E-state index contributed by atoms with van der Waals surface area (Å²) in [5, 5.41) is 0. The quantitative estimate of drug-likeness (QED) is 0.826. The van der Waals surface area contributed by atoms with Gasteiger partial charge >= 0.3 is 0 Å². The molecule has 0 radical (unpaired) electrons. The fraction of sp³-hybridized carbons (Fsp3) is 0.333. The molecule has 29 heavy (non-hydrogen) atoms. The van der Waals surface area contributed by atoms with E-state index in [1.165, 1.54) is 36.2 Å². The Labute approximate surface area is 171 Å². The van der Waals surface area contributed by atoms with Crippen molar-refractivity contribution in [1.29, 1.82) is 0 Å². The van der Waals surface area contributed by atoms with E-state index in [0.29, 0.717) is 16.0 Å². The molecule has 1 unspecified atom stereocenters. The van der Waals surface area contributed by atoms with Crippen LogP contribution in [0.2, 0.25) is 0 Å². The molecule has 3 rings (SSSR count). The maximum Gasteiger partial charge on any atom is 0.270 e. The number of benzene rings is 2. The van der Waals surface area contributed by atoms with Crippen molar-refractivity contribution in [3.8, 4) is 0 Å². The van der Waals surface area contributed by atoms with Gasteiger partial charge in [0.25, 0.3) is 5.92 Å². The molecule has 0 aliphatic carbocycles. The van der Waals surface area contributed by atoms with Gasteiger partial charge in [-0.1, -0.05) is 36.4 Å². The molecule has 0 bridgehead atoms. The van der Waals surface area contributed by atoms with E-state index in [0.717, 1.165) is 6.92 Å². The van der Waals surface area contributed by atoms with Crippen LogP contribution in [0.25, 0.3) is 0 Å². The Morgan fingerprint density at radius 2 is 1.83 bits per heavy atom. The van der Waals surface area contributed by atoms with Crippen LogP contribution in [-0.4, -0.2) is 34.3 Å². The largest absolute Gasteiger partial charge is 0.369 e. The number of hydrogen-bond acceptors (Lipinski definition) is 4. The van der Waals surface area contributed by atoms with Crippen LogP contribution in [0.4, 0.5) is 8.78 Å². The maximum atomic E-state index is 13.6. The van der Waals surface area contributed by atoms with Gasteiger partial charge in [-0.05, 0) is 30.2 Å². The van der Waals surface area contributed by atoms with Crippen LogP contribution < -0.4 is 5.73 Å². The molecule has 1 amide bonds. The van der Waals surface area contributed by atoms with Gasteiger partial charge in [0.1, 0.15) is 5.54 Å². The molecule has 0 aromatic heterocycles. The first kappa shape index (κ1) is 21.1. The van der Waals surface area contributed by atoms with Crippen molar-refractivity contribution in [1.82, 2.24) is 4.90 Å². The van der Waals surface area contributed by atoms with E-state index in [2.05, 4.69) is 4.99 Å². The summed E-state index contributed by atoms with van der Waals surface area (Å²) < 4.78 is 39.2. The summed E-state index contributed by atoms with van der Waals surface area (Å²) in [5.41, 5.74) is 6.00. The van der Waals surface area contributed by atoms with Gasteiger partial charge in [-0.2, -0.15) is 0 Å². The first-order chi connectivity index (χ1) is 13.4. The number of likely N-dealkylation sites (N-methyl/N-ethyl adjacent to an activating group) is 1. The van der Waals surface area contributed by atoms with E-state index in [1.54, 1.807) is 37.4 Å². The van der Waals surface area contributed by atoms with Crippen molar-refractivity contribution >= 4 is 22.7 Å². The fourth-order valence-corrected chi connectivity index (χ4v) is 4.14. The van der Waals surface area contributed by atoms with Crippen LogP contribution in [0.3, 0.4) is 0 Å². The number of rotatable bonds is 4. The normalized spacial score (nSPS) is 23.7. The van der Waals surface area contributed by atoms with Gasteiger partial charge in [0.2, 0.25) is 5.91 Å². The molecule has 2 N–H and O–H groups in total. The van der Waals surface area contributed by atoms with Crippen molar-refractivity contribution in [2.24, 2.45) is 10.7 Å². The van der Waals surface area contributed by atoms with Crippen LogP contribution in [0, 0.1) is 0 Å². The summed E-state index contributed by atoms with van der Waals surface area (Å²) in [7, 11) is 0.314. The number of carbonyl (C=O) groups is 1. The summed E-state index contributed by atoms with van der Waals surface area (Å²) in [4.78, 5) is 19.6. The lowest BCUT2D eigenvalue weighted by molar-refractivity contribution is -0.130. The Hall–Kier alpha value is -2.61. The zero-order chi connectivity index (χ0) is 21.6. The van der Waals surface area contributed by atoms with E-state index < -0.39 is 28.2 Å². The first-order valence-electron chi connectivity index (χ1n) is 9.00. The second-order valence-corrected chi connectivity index (χ2v) is 8.82. The second-order valence-electron chi connectivity index (χ2n) is 7.44. The number of nitrogens with two attached hydrogens (primary N) is 1. The molecule has 0 saturated heterocycles. The van der Waals surface area contributed by atoms with Crippen LogP contribution in [0.1, 0.15) is 36.5 Å². The van der Waals surface area contributed by atoms with Gasteiger partial charge in [-0.15, -0.1) is 0 Å². The van der Waals surface area contributed by atoms with Gasteiger partial charge in [0.15, 0.2) is 5.96 Å². The molecule has 8 heteroatoms. The van der Waals surface area contributed by atoms with Crippen LogP contribution in [0.5, 0.6) is 0 Å². The SMILES string of the molecule is CN1C(=O)[C@@H](c2ccc(C(C)(F)F)cc2)[C@@](C)(c2cccc(S(C)=O)c2)N=C1N. The molecular weight excluding hydrogens is 396 g/mol. The number of carbonyl (C=O) groups excluding carboxylic acids is 1. The van der Waals surface area contributed by atoms with Crippen molar-refractivity contribution < 1.29 is 17.8 Å². The Balaban J connectivity index is 2.18. The standard InChI is InChI=1S/C21H23F2N3O2S/c1-20(15-6-5-7-16(12-15)29(4)28)17(18(27)26(3)19(24)25-20)13-8-10-14(11-9-13)21(2,22)23/h5-12,17H,1-4H3,(H2,24,25)/t17-,20-,29?/m1/s1. The second kappa shape index (κ2) is 7.33. The lowest BCUT2D eigenvalue weighted by atomic mass is 9.74. The van der Waals surface area contributed by atoms with Crippen molar-refractivity contribution in [2.45, 2.75) is 36.1 Å². The minimum absolute atomic E-state index is 0.0634. The maximum absolute atomic E-state index is 13.6. The zero-order valence-corrected chi connectivity index (χ0v) is 17.5. The Bertz CT molecular complexity index is 1000. The Kier molecular flexibility index (Phi) is 5.34. The first-order valence-corrected chi connectivity index (χ1v) is 10.6. The highest BCUT2D eigenvalue weighted by Gasteiger charge is 2.47. The summed E-state index contributed by atoms with van der Waals surface area (Å²) >= 11 is 0. The monoisotopic (exact) mass is 419 g/mol. The lowest BCUT2D eigenvalue weighted by Crippen LogP contribution is -2.52. The molecule has 0 spiro atoms. The molecule has 0 fully saturated rings. The molecule has 154 valence electrons. The number of amides is 1. The molecule has 3 atom stereocenters. The fourth-order valence-electron chi connectivity index (χ4n) is 3.58. The van der Waals surface area contributed by atoms with Crippen LogP contribution in [-0.2, 0) is 27.1 Å². The molecule has 2 aromatic rings. The summed E-state index contributed by atoms with van der Waals surface area (Å²) in [6.45, 7) is 2.60. The molecule has 2 aromatic carbocycles. The van der Waals surface area contributed by atoms with Crippen molar-refractivity contribution in [3.63, 3.8) is 0 Å². The zero-order valence-electron chi connectivity index (χ0n) is 16.6. The number of aliphatic imine (C=N–C) groups is 1. The number of guanidine groups is 1. The average Bonchev–Trinajstić information content (AvgIpc) is 2.66. The van der Waals surface area contributed by atoms with E-state index in [4.69, 9.17) is 5.73 Å². The van der Waals surface area contributed by atoms with E-state index >= 15 is 0 Å². The Morgan fingerprint density at radius 1 is 1.21 bits per heavy atom. The van der Waals surface area contributed by atoms with E-state index in [9.17, 15) is 17.8 Å². The Morgan fingerprint density at radius 3 is 2.38 bits per heavy atom. The number of alkyl halides is 2. The van der Waals surface area contributed by atoms with Gasteiger partial charge in [-0.25, -0.2) is 13.8 Å². The number of nitrogens with zero attached hydrogens (tertiary/aromatic N) is 2. The minimum atomic E-state index is -2.97.